The maximum absolute atomic E-state index is 11.1. The number of nitrogens with zero attached hydrogens (tertiary/aromatic N) is 1. The van der Waals surface area contributed by atoms with E-state index in [2.05, 4.69) is 18.5 Å². The molecule has 0 radical (unpaired) electrons. The quantitative estimate of drug-likeness (QED) is 0.199. The first kappa shape index (κ1) is 14.6. The van der Waals surface area contributed by atoms with Gasteiger partial charge >= 0.3 is 5.97 Å². The Morgan fingerprint density at radius 2 is 1.88 bits per heavy atom. The summed E-state index contributed by atoms with van der Waals surface area (Å²) in [5.41, 5.74) is -0.194. The van der Waals surface area contributed by atoms with Gasteiger partial charge in [-0.2, -0.15) is 4.99 Å². The molecule has 0 aromatic rings. The van der Waals surface area contributed by atoms with Gasteiger partial charge in [0.05, 0.1) is 6.61 Å². The van der Waals surface area contributed by atoms with E-state index in [1.165, 1.54) is 31.8 Å². The lowest BCUT2D eigenvalue weighted by atomic mass is 10.1. The molecule has 4 heteroatoms. The molecule has 0 aliphatic carbocycles. The van der Waals surface area contributed by atoms with Crippen LogP contribution in [0.25, 0.3) is 0 Å². The highest BCUT2D eigenvalue weighted by atomic mass is 16.5. The van der Waals surface area contributed by atoms with Gasteiger partial charge in [-0.1, -0.05) is 45.6 Å². The molecule has 16 heavy (non-hydrogen) atoms. The summed E-state index contributed by atoms with van der Waals surface area (Å²) >= 11 is 0. The Balaban J connectivity index is 3.41. The van der Waals surface area contributed by atoms with Gasteiger partial charge in [0.2, 0.25) is 6.08 Å². The van der Waals surface area contributed by atoms with Crippen LogP contribution in [-0.4, -0.2) is 18.7 Å². The van der Waals surface area contributed by atoms with Gasteiger partial charge in [-0.25, -0.2) is 9.59 Å². The molecule has 0 heterocycles. The minimum Gasteiger partial charge on any atom is -0.461 e. The third-order valence-corrected chi connectivity index (χ3v) is 2.15. The van der Waals surface area contributed by atoms with Crippen LogP contribution in [0.5, 0.6) is 0 Å². The van der Waals surface area contributed by atoms with Crippen LogP contribution in [0.15, 0.2) is 17.3 Å². The first-order valence-corrected chi connectivity index (χ1v) is 5.66. The van der Waals surface area contributed by atoms with Gasteiger partial charge in [-0.15, -0.1) is 0 Å². The van der Waals surface area contributed by atoms with E-state index < -0.39 is 5.97 Å². The molecule has 0 aromatic heterocycles. The highest BCUT2D eigenvalue weighted by Crippen LogP contribution is 2.05. The van der Waals surface area contributed by atoms with Gasteiger partial charge in [-0.3, -0.25) is 0 Å². The van der Waals surface area contributed by atoms with Crippen LogP contribution in [0.1, 0.15) is 45.4 Å². The number of carbonyl (C=O) groups excluding carboxylic acids is 2. The molecule has 0 spiro atoms. The number of aliphatic imine (C=N–C) groups is 1. The van der Waals surface area contributed by atoms with Gasteiger partial charge in [0.25, 0.3) is 0 Å². The van der Waals surface area contributed by atoms with Crippen molar-refractivity contribution in [3.8, 4) is 0 Å². The van der Waals surface area contributed by atoms with Crippen LogP contribution >= 0.6 is 0 Å². The van der Waals surface area contributed by atoms with Crippen molar-refractivity contribution in [2.24, 2.45) is 4.99 Å². The molecule has 0 unspecified atom stereocenters. The zero-order valence-electron chi connectivity index (χ0n) is 9.83. The van der Waals surface area contributed by atoms with E-state index in [9.17, 15) is 9.59 Å². The van der Waals surface area contributed by atoms with Gasteiger partial charge < -0.3 is 4.74 Å². The summed E-state index contributed by atoms with van der Waals surface area (Å²) in [5, 5.41) is 0. The van der Waals surface area contributed by atoms with Gasteiger partial charge in [0, 0.05) is 0 Å². The number of unbranched alkanes of at least 4 members (excludes halogenated alkanes) is 5. The number of hydrogen-bond acceptors (Lipinski definition) is 4. The molecule has 0 N–H and O–H groups in total. The monoisotopic (exact) mass is 225 g/mol. The fourth-order valence-electron chi connectivity index (χ4n) is 1.23. The normalized spacial score (nSPS) is 9.31. The topological polar surface area (TPSA) is 55.7 Å². The van der Waals surface area contributed by atoms with E-state index in [1.807, 2.05) is 0 Å². The molecule has 0 fully saturated rings. The minimum absolute atomic E-state index is 0.194. The maximum atomic E-state index is 11.1. The first-order valence-electron chi connectivity index (χ1n) is 5.66. The Kier molecular flexibility index (Phi) is 9.23. The molecule has 0 aliphatic rings. The predicted molar refractivity (Wildman–Crippen MR) is 61.6 cm³/mol. The minimum atomic E-state index is -0.642. The average molecular weight is 225 g/mol. The largest absolute Gasteiger partial charge is 0.461 e. The molecule has 0 amide bonds. The van der Waals surface area contributed by atoms with E-state index in [1.54, 1.807) is 0 Å². The van der Waals surface area contributed by atoms with E-state index in [4.69, 9.17) is 4.74 Å². The van der Waals surface area contributed by atoms with Gasteiger partial charge in [-0.05, 0) is 6.42 Å². The lowest BCUT2D eigenvalue weighted by Crippen LogP contribution is -2.06. The zero-order chi connectivity index (χ0) is 12.2. The standard InChI is InChI=1S/C12H19NO3/c1-3-4-5-6-7-8-9-16-12(15)11(2)13-10-14/h2-9H2,1H3. The summed E-state index contributed by atoms with van der Waals surface area (Å²) < 4.78 is 4.85. The molecular weight excluding hydrogens is 206 g/mol. The molecule has 0 bridgehead atoms. The highest BCUT2D eigenvalue weighted by Gasteiger charge is 2.06. The van der Waals surface area contributed by atoms with Crippen LogP contribution < -0.4 is 0 Å². The van der Waals surface area contributed by atoms with E-state index >= 15 is 0 Å². The molecule has 0 aliphatic heterocycles. The fourth-order valence-corrected chi connectivity index (χ4v) is 1.23. The van der Waals surface area contributed by atoms with Gasteiger partial charge in [0.1, 0.15) is 0 Å². The summed E-state index contributed by atoms with van der Waals surface area (Å²) in [6.45, 7) is 5.81. The van der Waals surface area contributed by atoms with E-state index in [0.29, 0.717) is 6.61 Å². The number of ether oxygens (including phenoxy) is 1. The Hall–Kier alpha value is -1.41. The average Bonchev–Trinajstić information content (AvgIpc) is 2.28. The summed E-state index contributed by atoms with van der Waals surface area (Å²) in [4.78, 5) is 24.0. The number of rotatable bonds is 9. The molecule has 0 aromatic carbocycles. The van der Waals surface area contributed by atoms with Crippen molar-refractivity contribution in [3.63, 3.8) is 0 Å². The van der Waals surface area contributed by atoms with Crippen molar-refractivity contribution >= 4 is 12.0 Å². The molecule has 4 nitrogen and oxygen atoms in total. The van der Waals surface area contributed by atoms with E-state index in [-0.39, 0.29) is 5.70 Å². The smallest absolute Gasteiger partial charge is 0.357 e. The number of isocyanates is 1. The molecule has 0 saturated carbocycles. The number of carbonyl (C=O) groups is 1. The molecular formula is C12H19NO3. The van der Waals surface area contributed by atoms with Crippen LogP contribution in [0.4, 0.5) is 0 Å². The molecule has 0 saturated heterocycles. The Morgan fingerprint density at radius 3 is 2.50 bits per heavy atom. The van der Waals surface area contributed by atoms with Crippen LogP contribution in [0.2, 0.25) is 0 Å². The molecule has 0 atom stereocenters. The Morgan fingerprint density at radius 1 is 1.25 bits per heavy atom. The molecule has 90 valence electrons. The van der Waals surface area contributed by atoms with Crippen molar-refractivity contribution in [1.29, 1.82) is 0 Å². The highest BCUT2D eigenvalue weighted by molar-refractivity contribution is 5.88. The lowest BCUT2D eigenvalue weighted by molar-refractivity contribution is -0.139. The molecule has 0 rings (SSSR count). The van der Waals surface area contributed by atoms with Crippen LogP contribution in [0, 0.1) is 0 Å². The third-order valence-electron chi connectivity index (χ3n) is 2.15. The Labute approximate surface area is 96.4 Å². The summed E-state index contributed by atoms with van der Waals surface area (Å²) in [6.07, 6.45) is 8.01. The van der Waals surface area contributed by atoms with Crippen molar-refractivity contribution in [1.82, 2.24) is 0 Å². The number of esters is 1. The van der Waals surface area contributed by atoms with Crippen molar-refractivity contribution in [2.75, 3.05) is 6.61 Å². The van der Waals surface area contributed by atoms with Crippen molar-refractivity contribution < 1.29 is 14.3 Å². The van der Waals surface area contributed by atoms with Gasteiger partial charge in [0.15, 0.2) is 5.70 Å². The maximum Gasteiger partial charge on any atom is 0.357 e. The zero-order valence-corrected chi connectivity index (χ0v) is 9.83. The fraction of sp³-hybridized carbons (Fsp3) is 0.667. The van der Waals surface area contributed by atoms with Crippen molar-refractivity contribution in [3.05, 3.63) is 12.3 Å². The summed E-state index contributed by atoms with van der Waals surface area (Å²) in [7, 11) is 0. The summed E-state index contributed by atoms with van der Waals surface area (Å²) in [6, 6.07) is 0. The SMILES string of the molecule is C=C(N=C=O)C(=O)OCCCCCCCC. The summed E-state index contributed by atoms with van der Waals surface area (Å²) in [5.74, 6) is -0.642. The number of hydrogen-bond donors (Lipinski definition) is 0. The second-order valence-electron chi connectivity index (χ2n) is 3.55. The first-order chi connectivity index (χ1) is 7.72. The second kappa shape index (κ2) is 10.1. The third kappa shape index (κ3) is 7.94. The predicted octanol–water partition coefficient (Wildman–Crippen LogP) is 2.74. The van der Waals surface area contributed by atoms with Crippen LogP contribution in [0.3, 0.4) is 0 Å². The second-order valence-corrected chi connectivity index (χ2v) is 3.55. The van der Waals surface area contributed by atoms with Crippen LogP contribution in [-0.2, 0) is 14.3 Å². The van der Waals surface area contributed by atoms with E-state index in [0.717, 1.165) is 12.8 Å². The van der Waals surface area contributed by atoms with Crippen molar-refractivity contribution in [2.45, 2.75) is 45.4 Å². The lowest BCUT2D eigenvalue weighted by Gasteiger charge is -2.03. The Bertz CT molecular complexity index is 267.